The summed E-state index contributed by atoms with van der Waals surface area (Å²) in [6.45, 7) is 6.49. The van der Waals surface area contributed by atoms with Crippen LogP contribution >= 0.6 is 11.6 Å². The molecule has 14 heavy (non-hydrogen) atoms. The molecule has 3 nitrogen and oxygen atoms in total. The summed E-state index contributed by atoms with van der Waals surface area (Å²) >= 11 is 5.67. The zero-order valence-corrected chi connectivity index (χ0v) is 9.84. The number of aromatic nitrogens is 2. The highest BCUT2D eigenvalue weighted by molar-refractivity contribution is 6.29. The second-order valence-corrected chi connectivity index (χ2v) is 4.33. The van der Waals surface area contributed by atoms with Gasteiger partial charge in [0.25, 0.3) is 0 Å². The van der Waals surface area contributed by atoms with Crippen LogP contribution < -0.4 is 4.90 Å². The van der Waals surface area contributed by atoms with Gasteiger partial charge in [0.05, 0.1) is 0 Å². The van der Waals surface area contributed by atoms with Crippen LogP contribution in [0.15, 0.2) is 12.1 Å². The van der Waals surface area contributed by atoms with E-state index in [2.05, 4.69) is 35.9 Å². The van der Waals surface area contributed by atoms with Crippen LogP contribution in [0.4, 0.5) is 5.82 Å². The molecule has 0 atom stereocenters. The zero-order chi connectivity index (χ0) is 10.8. The van der Waals surface area contributed by atoms with Gasteiger partial charge >= 0.3 is 0 Å². The van der Waals surface area contributed by atoms with Crippen molar-refractivity contribution in [2.75, 3.05) is 11.9 Å². The second-order valence-electron chi connectivity index (χ2n) is 3.94. The van der Waals surface area contributed by atoms with Gasteiger partial charge in [-0.15, -0.1) is 10.2 Å². The maximum atomic E-state index is 5.67. The normalized spacial score (nSPS) is 11.5. The van der Waals surface area contributed by atoms with Crippen LogP contribution in [0.25, 0.3) is 0 Å². The minimum Gasteiger partial charge on any atom is -0.353 e. The van der Waals surface area contributed by atoms with Crippen LogP contribution in [0.5, 0.6) is 0 Å². The van der Waals surface area contributed by atoms with Crippen molar-refractivity contribution in [2.45, 2.75) is 32.7 Å². The molecule has 0 aliphatic heterocycles. The van der Waals surface area contributed by atoms with Gasteiger partial charge in [-0.3, -0.25) is 0 Å². The molecule has 0 fully saturated rings. The predicted octanol–water partition coefficient (Wildman–Crippen LogP) is 2.75. The van der Waals surface area contributed by atoms with Crippen molar-refractivity contribution in [3.05, 3.63) is 17.3 Å². The Labute approximate surface area is 90.1 Å². The molecule has 0 unspecified atom stereocenters. The maximum absolute atomic E-state index is 5.67. The number of hydrogen-bond acceptors (Lipinski definition) is 3. The molecule has 0 aliphatic carbocycles. The summed E-state index contributed by atoms with van der Waals surface area (Å²) in [5.74, 6) is 0.848. The van der Waals surface area contributed by atoms with Gasteiger partial charge < -0.3 is 4.90 Å². The zero-order valence-electron chi connectivity index (χ0n) is 9.08. The third-order valence-electron chi connectivity index (χ3n) is 2.73. The molecule has 1 aromatic rings. The van der Waals surface area contributed by atoms with Crippen LogP contribution in [-0.4, -0.2) is 22.8 Å². The largest absolute Gasteiger partial charge is 0.353 e. The summed E-state index contributed by atoms with van der Waals surface area (Å²) in [7, 11) is 2.02. The molecule has 1 rings (SSSR count). The van der Waals surface area contributed by atoms with Crippen LogP contribution in [0.3, 0.4) is 0 Å². The molecule has 0 saturated carbocycles. The molecule has 0 N–H and O–H groups in total. The average Bonchev–Trinajstić information content (AvgIpc) is 2.18. The molecule has 0 aliphatic rings. The van der Waals surface area contributed by atoms with Crippen molar-refractivity contribution in [3.8, 4) is 0 Å². The predicted molar refractivity (Wildman–Crippen MR) is 59.8 cm³/mol. The molecule has 0 aromatic carbocycles. The minimum atomic E-state index is 0.0858. The summed E-state index contributed by atoms with van der Waals surface area (Å²) < 4.78 is 0. The van der Waals surface area contributed by atoms with E-state index >= 15 is 0 Å². The molecule has 0 radical (unpaired) electrons. The highest BCUT2D eigenvalue weighted by Gasteiger charge is 2.22. The maximum Gasteiger partial charge on any atom is 0.151 e. The van der Waals surface area contributed by atoms with Gasteiger partial charge in [0.1, 0.15) is 0 Å². The standard InChI is InChI=1S/C10H16ClN3/c1-5-10(2,3)14(4)9-7-6-8(11)12-13-9/h6-7H,5H2,1-4H3. The SMILES string of the molecule is CCC(C)(C)N(C)c1ccc(Cl)nn1. The molecule has 0 bridgehead atoms. The Hall–Kier alpha value is -0.830. The molecular weight excluding hydrogens is 198 g/mol. The van der Waals surface area contributed by atoms with Crippen LogP contribution in [0, 0.1) is 0 Å². The summed E-state index contributed by atoms with van der Waals surface area (Å²) in [5.41, 5.74) is 0.0858. The van der Waals surface area contributed by atoms with Gasteiger partial charge in [-0.2, -0.15) is 0 Å². The Kier molecular flexibility index (Phi) is 3.32. The molecule has 78 valence electrons. The van der Waals surface area contributed by atoms with E-state index in [0.717, 1.165) is 12.2 Å². The van der Waals surface area contributed by atoms with Crippen molar-refractivity contribution in [1.29, 1.82) is 0 Å². The lowest BCUT2D eigenvalue weighted by Gasteiger charge is -2.35. The lowest BCUT2D eigenvalue weighted by atomic mass is 10.0. The molecule has 0 spiro atoms. The molecule has 1 heterocycles. The fourth-order valence-corrected chi connectivity index (χ4v) is 1.14. The van der Waals surface area contributed by atoms with E-state index in [0.29, 0.717) is 5.15 Å². The molecular formula is C10H16ClN3. The van der Waals surface area contributed by atoms with Gasteiger partial charge in [-0.25, -0.2) is 0 Å². The average molecular weight is 214 g/mol. The molecule has 0 saturated heterocycles. The Balaban J connectivity index is 2.89. The first-order chi connectivity index (χ1) is 6.47. The van der Waals surface area contributed by atoms with Crippen molar-refractivity contribution in [2.24, 2.45) is 0 Å². The lowest BCUT2D eigenvalue weighted by Crippen LogP contribution is -2.41. The molecule has 4 heteroatoms. The Bertz CT molecular complexity index is 295. The summed E-state index contributed by atoms with van der Waals surface area (Å²) in [4.78, 5) is 2.11. The second kappa shape index (κ2) is 4.13. The number of halogens is 1. The van der Waals surface area contributed by atoms with E-state index in [1.807, 2.05) is 13.1 Å². The van der Waals surface area contributed by atoms with E-state index in [1.165, 1.54) is 0 Å². The van der Waals surface area contributed by atoms with Gasteiger partial charge in [-0.05, 0) is 32.4 Å². The van der Waals surface area contributed by atoms with Crippen molar-refractivity contribution in [3.63, 3.8) is 0 Å². The van der Waals surface area contributed by atoms with Crippen molar-refractivity contribution >= 4 is 17.4 Å². The van der Waals surface area contributed by atoms with Gasteiger partial charge in [0.2, 0.25) is 0 Å². The van der Waals surface area contributed by atoms with Crippen molar-refractivity contribution < 1.29 is 0 Å². The fourth-order valence-electron chi connectivity index (χ4n) is 1.04. The number of hydrogen-bond donors (Lipinski definition) is 0. The van der Waals surface area contributed by atoms with Gasteiger partial charge in [-0.1, -0.05) is 18.5 Å². The van der Waals surface area contributed by atoms with Gasteiger partial charge in [0, 0.05) is 12.6 Å². The van der Waals surface area contributed by atoms with Crippen molar-refractivity contribution in [1.82, 2.24) is 10.2 Å². The van der Waals surface area contributed by atoms with E-state index < -0.39 is 0 Å². The quantitative estimate of drug-likeness (QED) is 0.773. The summed E-state index contributed by atoms with van der Waals surface area (Å²) in [6.07, 6.45) is 1.05. The topological polar surface area (TPSA) is 29.0 Å². The number of nitrogens with zero attached hydrogens (tertiary/aromatic N) is 3. The monoisotopic (exact) mass is 213 g/mol. The summed E-state index contributed by atoms with van der Waals surface area (Å²) in [6, 6.07) is 3.64. The van der Waals surface area contributed by atoms with Crippen LogP contribution in [-0.2, 0) is 0 Å². The first-order valence-electron chi connectivity index (χ1n) is 4.70. The van der Waals surface area contributed by atoms with E-state index in [9.17, 15) is 0 Å². The van der Waals surface area contributed by atoms with E-state index in [1.54, 1.807) is 6.07 Å². The highest BCUT2D eigenvalue weighted by atomic mass is 35.5. The smallest absolute Gasteiger partial charge is 0.151 e. The lowest BCUT2D eigenvalue weighted by molar-refractivity contribution is 0.466. The van der Waals surface area contributed by atoms with E-state index in [-0.39, 0.29) is 5.54 Å². The third-order valence-corrected chi connectivity index (χ3v) is 2.94. The molecule has 0 amide bonds. The van der Waals surface area contributed by atoms with Gasteiger partial charge in [0.15, 0.2) is 11.0 Å². The first kappa shape index (κ1) is 11.2. The minimum absolute atomic E-state index is 0.0858. The first-order valence-corrected chi connectivity index (χ1v) is 5.08. The Morgan fingerprint density at radius 3 is 2.43 bits per heavy atom. The highest BCUT2D eigenvalue weighted by Crippen LogP contribution is 2.22. The third kappa shape index (κ3) is 2.35. The number of anilines is 1. The Morgan fingerprint density at radius 1 is 1.36 bits per heavy atom. The number of rotatable bonds is 3. The fraction of sp³-hybridized carbons (Fsp3) is 0.600. The Morgan fingerprint density at radius 2 is 2.00 bits per heavy atom. The van der Waals surface area contributed by atoms with E-state index in [4.69, 9.17) is 11.6 Å². The van der Waals surface area contributed by atoms with Crippen LogP contribution in [0.2, 0.25) is 5.15 Å². The summed E-state index contributed by atoms with van der Waals surface area (Å²) in [5, 5.41) is 8.29. The molecule has 1 aromatic heterocycles. The van der Waals surface area contributed by atoms with Crippen LogP contribution in [0.1, 0.15) is 27.2 Å².